The van der Waals surface area contributed by atoms with Crippen molar-refractivity contribution in [2.45, 2.75) is 46.1 Å². The van der Waals surface area contributed by atoms with E-state index in [4.69, 9.17) is 0 Å². The molecular formula is C14H23N3. The van der Waals surface area contributed by atoms with Gasteiger partial charge in [0.1, 0.15) is 0 Å². The average Bonchev–Trinajstić information content (AvgIpc) is 2.59. The molecule has 1 saturated carbocycles. The van der Waals surface area contributed by atoms with Crippen LogP contribution in [0.2, 0.25) is 0 Å². The SMILES string of the molecule is CCNc1cncc(NC2CCC(C)(C)C2)c1. The number of hydrogen-bond acceptors (Lipinski definition) is 3. The molecule has 0 aliphatic heterocycles. The number of hydrogen-bond donors (Lipinski definition) is 2. The van der Waals surface area contributed by atoms with E-state index in [2.05, 4.69) is 42.5 Å². The third-order valence-corrected chi connectivity index (χ3v) is 3.46. The van der Waals surface area contributed by atoms with Gasteiger partial charge in [-0.2, -0.15) is 0 Å². The van der Waals surface area contributed by atoms with Gasteiger partial charge in [-0.3, -0.25) is 4.98 Å². The number of nitrogens with zero attached hydrogens (tertiary/aromatic N) is 1. The van der Waals surface area contributed by atoms with Crippen molar-refractivity contribution in [3.63, 3.8) is 0 Å². The van der Waals surface area contributed by atoms with Gasteiger partial charge in [0, 0.05) is 12.6 Å². The summed E-state index contributed by atoms with van der Waals surface area (Å²) >= 11 is 0. The van der Waals surface area contributed by atoms with Gasteiger partial charge < -0.3 is 10.6 Å². The van der Waals surface area contributed by atoms with Crippen LogP contribution in [0.5, 0.6) is 0 Å². The minimum atomic E-state index is 0.490. The van der Waals surface area contributed by atoms with Crippen LogP contribution in [0.1, 0.15) is 40.0 Å². The van der Waals surface area contributed by atoms with Gasteiger partial charge in [0.25, 0.3) is 0 Å². The second kappa shape index (κ2) is 4.94. The van der Waals surface area contributed by atoms with Crippen LogP contribution >= 0.6 is 0 Å². The molecule has 3 nitrogen and oxygen atoms in total. The maximum absolute atomic E-state index is 4.26. The van der Waals surface area contributed by atoms with Crippen molar-refractivity contribution < 1.29 is 0 Å². The van der Waals surface area contributed by atoms with Gasteiger partial charge in [-0.1, -0.05) is 13.8 Å². The summed E-state index contributed by atoms with van der Waals surface area (Å²) in [5, 5.41) is 6.88. The molecule has 1 atom stereocenters. The first-order valence-electron chi connectivity index (χ1n) is 6.54. The highest BCUT2D eigenvalue weighted by Crippen LogP contribution is 2.38. The minimum Gasteiger partial charge on any atom is -0.384 e. The molecule has 1 fully saturated rings. The van der Waals surface area contributed by atoms with E-state index in [1.165, 1.54) is 19.3 Å². The van der Waals surface area contributed by atoms with E-state index < -0.39 is 0 Å². The first-order chi connectivity index (χ1) is 8.09. The fourth-order valence-electron chi connectivity index (χ4n) is 2.61. The fourth-order valence-corrected chi connectivity index (χ4v) is 2.61. The standard InChI is InChI=1S/C14H23N3/c1-4-16-12-7-13(10-15-9-12)17-11-5-6-14(2,3)8-11/h7,9-11,16-17H,4-6,8H2,1-3H3. The van der Waals surface area contributed by atoms with Crippen LogP contribution in [0.3, 0.4) is 0 Å². The van der Waals surface area contributed by atoms with Crippen molar-refractivity contribution in [3.05, 3.63) is 18.5 Å². The highest BCUT2D eigenvalue weighted by molar-refractivity contribution is 5.54. The summed E-state index contributed by atoms with van der Waals surface area (Å²) in [6.07, 6.45) is 7.60. The Kier molecular flexibility index (Phi) is 3.55. The number of rotatable bonds is 4. The zero-order chi connectivity index (χ0) is 12.3. The van der Waals surface area contributed by atoms with Gasteiger partial charge in [0.15, 0.2) is 0 Å². The lowest BCUT2D eigenvalue weighted by Crippen LogP contribution is -2.17. The Morgan fingerprint density at radius 3 is 2.76 bits per heavy atom. The Labute approximate surface area is 104 Å². The largest absolute Gasteiger partial charge is 0.384 e. The van der Waals surface area contributed by atoms with Crippen LogP contribution in [0, 0.1) is 5.41 Å². The molecule has 0 aromatic carbocycles. The summed E-state index contributed by atoms with van der Waals surface area (Å²) < 4.78 is 0. The minimum absolute atomic E-state index is 0.490. The van der Waals surface area contributed by atoms with Gasteiger partial charge in [-0.05, 0) is 37.7 Å². The highest BCUT2D eigenvalue weighted by Gasteiger charge is 2.30. The molecule has 0 saturated heterocycles. The predicted molar refractivity (Wildman–Crippen MR) is 73.4 cm³/mol. The third kappa shape index (κ3) is 3.35. The van der Waals surface area contributed by atoms with Crippen LogP contribution in [0.15, 0.2) is 18.5 Å². The number of nitrogens with one attached hydrogen (secondary N) is 2. The summed E-state index contributed by atoms with van der Waals surface area (Å²) in [7, 11) is 0. The molecule has 1 heterocycles. The lowest BCUT2D eigenvalue weighted by Gasteiger charge is -2.18. The topological polar surface area (TPSA) is 37.0 Å². The van der Waals surface area contributed by atoms with Crippen LogP contribution in [0.4, 0.5) is 11.4 Å². The quantitative estimate of drug-likeness (QED) is 0.835. The van der Waals surface area contributed by atoms with Gasteiger partial charge in [0.05, 0.1) is 23.8 Å². The first kappa shape index (κ1) is 12.2. The maximum Gasteiger partial charge on any atom is 0.0549 e. The van der Waals surface area contributed by atoms with E-state index in [1.807, 2.05) is 12.4 Å². The van der Waals surface area contributed by atoms with Crippen LogP contribution in [-0.2, 0) is 0 Å². The molecule has 1 unspecified atom stereocenters. The molecule has 3 heteroatoms. The van der Waals surface area contributed by atoms with Crippen molar-refractivity contribution in [1.82, 2.24) is 4.98 Å². The lowest BCUT2D eigenvalue weighted by atomic mass is 9.92. The highest BCUT2D eigenvalue weighted by atomic mass is 15.0. The van der Waals surface area contributed by atoms with Crippen molar-refractivity contribution in [1.29, 1.82) is 0 Å². The van der Waals surface area contributed by atoms with E-state index in [0.29, 0.717) is 11.5 Å². The smallest absolute Gasteiger partial charge is 0.0549 e. The maximum atomic E-state index is 4.26. The van der Waals surface area contributed by atoms with Gasteiger partial charge >= 0.3 is 0 Å². The molecule has 0 radical (unpaired) electrons. The Bertz CT molecular complexity index is 373. The number of anilines is 2. The summed E-state index contributed by atoms with van der Waals surface area (Å²) in [5.41, 5.74) is 2.71. The fraction of sp³-hybridized carbons (Fsp3) is 0.643. The molecule has 17 heavy (non-hydrogen) atoms. The summed E-state index contributed by atoms with van der Waals surface area (Å²) in [4.78, 5) is 4.26. The number of aromatic nitrogens is 1. The first-order valence-corrected chi connectivity index (χ1v) is 6.54. The molecule has 1 aromatic rings. The molecule has 0 spiro atoms. The number of pyridine rings is 1. The van der Waals surface area contributed by atoms with Crippen LogP contribution in [-0.4, -0.2) is 17.6 Å². The summed E-state index contributed by atoms with van der Waals surface area (Å²) in [5.74, 6) is 0. The molecule has 1 aliphatic rings. The predicted octanol–water partition coefficient (Wildman–Crippen LogP) is 3.50. The Hall–Kier alpha value is -1.25. The van der Waals surface area contributed by atoms with E-state index in [9.17, 15) is 0 Å². The van der Waals surface area contributed by atoms with Gasteiger partial charge in [0.2, 0.25) is 0 Å². The van der Waals surface area contributed by atoms with E-state index in [1.54, 1.807) is 0 Å². The Morgan fingerprint density at radius 1 is 1.35 bits per heavy atom. The molecule has 94 valence electrons. The summed E-state index contributed by atoms with van der Waals surface area (Å²) in [6, 6.07) is 2.74. The molecule has 0 amide bonds. The normalized spacial score (nSPS) is 22.4. The monoisotopic (exact) mass is 233 g/mol. The zero-order valence-corrected chi connectivity index (χ0v) is 11.1. The Balaban J connectivity index is 1.97. The van der Waals surface area contributed by atoms with E-state index in [-0.39, 0.29) is 0 Å². The van der Waals surface area contributed by atoms with Crippen molar-refractivity contribution in [2.24, 2.45) is 5.41 Å². The van der Waals surface area contributed by atoms with E-state index in [0.717, 1.165) is 17.9 Å². The second-order valence-corrected chi connectivity index (χ2v) is 5.74. The molecule has 1 aromatic heterocycles. The zero-order valence-electron chi connectivity index (χ0n) is 11.1. The van der Waals surface area contributed by atoms with Crippen LogP contribution < -0.4 is 10.6 Å². The van der Waals surface area contributed by atoms with E-state index >= 15 is 0 Å². The molecule has 1 aliphatic carbocycles. The lowest BCUT2D eigenvalue weighted by molar-refractivity contribution is 0.378. The van der Waals surface area contributed by atoms with Crippen molar-refractivity contribution in [2.75, 3.05) is 17.2 Å². The third-order valence-electron chi connectivity index (χ3n) is 3.46. The molecular weight excluding hydrogens is 210 g/mol. The molecule has 2 rings (SSSR count). The molecule has 2 N–H and O–H groups in total. The molecule has 0 bridgehead atoms. The van der Waals surface area contributed by atoms with Crippen molar-refractivity contribution in [3.8, 4) is 0 Å². The Morgan fingerprint density at radius 2 is 2.12 bits per heavy atom. The summed E-state index contributed by atoms with van der Waals surface area (Å²) in [6.45, 7) is 7.73. The second-order valence-electron chi connectivity index (χ2n) is 5.74. The van der Waals surface area contributed by atoms with Crippen LogP contribution in [0.25, 0.3) is 0 Å². The van der Waals surface area contributed by atoms with Gasteiger partial charge in [-0.15, -0.1) is 0 Å². The van der Waals surface area contributed by atoms with Gasteiger partial charge in [-0.25, -0.2) is 0 Å². The van der Waals surface area contributed by atoms with Crippen molar-refractivity contribution >= 4 is 11.4 Å². The average molecular weight is 233 g/mol.